The highest BCUT2D eigenvalue weighted by atomic mass is 16.4. The van der Waals surface area contributed by atoms with E-state index in [1.165, 1.54) is 0 Å². The van der Waals surface area contributed by atoms with Crippen LogP contribution >= 0.6 is 0 Å². The van der Waals surface area contributed by atoms with Crippen molar-refractivity contribution in [1.29, 1.82) is 0 Å². The molecule has 1 aliphatic rings. The van der Waals surface area contributed by atoms with Crippen molar-refractivity contribution in [1.82, 2.24) is 0 Å². The molecule has 0 amide bonds. The molecule has 0 aromatic carbocycles. The van der Waals surface area contributed by atoms with Crippen LogP contribution in [0.15, 0.2) is 0 Å². The van der Waals surface area contributed by atoms with Gasteiger partial charge in [0.1, 0.15) is 0 Å². The summed E-state index contributed by atoms with van der Waals surface area (Å²) in [5, 5.41) is 18.1. The van der Waals surface area contributed by atoms with E-state index in [-0.39, 0.29) is 17.8 Å². The molecule has 0 aromatic rings. The first-order chi connectivity index (χ1) is 8.26. The van der Waals surface area contributed by atoms with Crippen molar-refractivity contribution < 1.29 is 19.8 Å². The molecular formula is C14H24O4. The van der Waals surface area contributed by atoms with Crippen LogP contribution in [0.5, 0.6) is 0 Å². The fourth-order valence-corrected chi connectivity index (χ4v) is 3.08. The fraction of sp³-hybridized carbons (Fsp3) is 0.857. The Morgan fingerprint density at radius 2 is 1.94 bits per heavy atom. The average Bonchev–Trinajstić information content (AvgIpc) is 2.25. The first-order valence-corrected chi connectivity index (χ1v) is 6.71. The lowest BCUT2D eigenvalue weighted by atomic mass is 9.62. The number of rotatable bonds is 5. The summed E-state index contributed by atoms with van der Waals surface area (Å²) in [7, 11) is 0. The molecule has 1 saturated carbocycles. The minimum Gasteiger partial charge on any atom is -0.481 e. The van der Waals surface area contributed by atoms with Crippen LogP contribution in [0.4, 0.5) is 0 Å². The fourth-order valence-electron chi connectivity index (χ4n) is 3.08. The Kier molecular flexibility index (Phi) is 4.77. The predicted molar refractivity (Wildman–Crippen MR) is 68.3 cm³/mol. The Morgan fingerprint density at radius 3 is 2.39 bits per heavy atom. The van der Waals surface area contributed by atoms with E-state index >= 15 is 0 Å². The van der Waals surface area contributed by atoms with Gasteiger partial charge in [-0.3, -0.25) is 9.59 Å². The van der Waals surface area contributed by atoms with Crippen molar-refractivity contribution in [2.24, 2.45) is 23.2 Å². The van der Waals surface area contributed by atoms with Gasteiger partial charge in [0, 0.05) is 0 Å². The van der Waals surface area contributed by atoms with Crippen LogP contribution in [0.1, 0.15) is 52.9 Å². The molecule has 0 heterocycles. The third kappa shape index (κ3) is 3.47. The van der Waals surface area contributed by atoms with Gasteiger partial charge < -0.3 is 10.2 Å². The number of carboxylic acids is 2. The largest absolute Gasteiger partial charge is 0.481 e. The van der Waals surface area contributed by atoms with Gasteiger partial charge in [0.15, 0.2) is 0 Å². The second kappa shape index (κ2) is 5.72. The average molecular weight is 256 g/mol. The van der Waals surface area contributed by atoms with Crippen LogP contribution in [-0.4, -0.2) is 22.2 Å². The van der Waals surface area contributed by atoms with E-state index in [1.54, 1.807) is 0 Å². The summed E-state index contributed by atoms with van der Waals surface area (Å²) in [5.41, 5.74) is 0.148. The van der Waals surface area contributed by atoms with E-state index in [1.807, 2.05) is 0 Å². The van der Waals surface area contributed by atoms with Crippen molar-refractivity contribution in [2.45, 2.75) is 52.9 Å². The molecular weight excluding hydrogens is 232 g/mol. The van der Waals surface area contributed by atoms with E-state index in [2.05, 4.69) is 20.8 Å². The predicted octanol–water partition coefficient (Wildman–Crippen LogP) is 3.01. The third-order valence-corrected chi connectivity index (χ3v) is 4.73. The zero-order valence-electron chi connectivity index (χ0n) is 11.5. The first kappa shape index (κ1) is 15.0. The summed E-state index contributed by atoms with van der Waals surface area (Å²) in [4.78, 5) is 22.0. The van der Waals surface area contributed by atoms with Gasteiger partial charge in [0.05, 0.1) is 12.3 Å². The van der Waals surface area contributed by atoms with Crippen LogP contribution in [0.3, 0.4) is 0 Å². The minimum atomic E-state index is -1.01. The molecule has 4 nitrogen and oxygen atoms in total. The van der Waals surface area contributed by atoms with Crippen LogP contribution in [-0.2, 0) is 9.59 Å². The maximum atomic E-state index is 11.3. The summed E-state index contributed by atoms with van der Waals surface area (Å²) in [6.07, 6.45) is 3.53. The van der Waals surface area contributed by atoms with Crippen molar-refractivity contribution in [3.8, 4) is 0 Å². The lowest BCUT2D eigenvalue weighted by Crippen LogP contribution is -2.36. The summed E-state index contributed by atoms with van der Waals surface area (Å²) < 4.78 is 0. The van der Waals surface area contributed by atoms with Crippen molar-refractivity contribution >= 4 is 11.9 Å². The highest BCUT2D eigenvalue weighted by Gasteiger charge is 2.40. The quantitative estimate of drug-likeness (QED) is 0.793. The van der Waals surface area contributed by atoms with Gasteiger partial charge in [-0.05, 0) is 36.5 Å². The van der Waals surface area contributed by atoms with Gasteiger partial charge in [-0.1, -0.05) is 27.2 Å². The second-order valence-corrected chi connectivity index (χ2v) is 6.21. The van der Waals surface area contributed by atoms with Gasteiger partial charge in [-0.15, -0.1) is 0 Å². The monoisotopic (exact) mass is 256 g/mol. The lowest BCUT2D eigenvalue weighted by molar-refractivity contribution is -0.151. The molecule has 3 unspecified atom stereocenters. The number of hydrogen-bond acceptors (Lipinski definition) is 2. The molecule has 0 bridgehead atoms. The molecule has 4 heteroatoms. The topological polar surface area (TPSA) is 74.6 Å². The number of aliphatic carboxylic acids is 2. The zero-order valence-corrected chi connectivity index (χ0v) is 11.5. The maximum absolute atomic E-state index is 11.3. The van der Waals surface area contributed by atoms with Crippen LogP contribution in [0.25, 0.3) is 0 Å². The minimum absolute atomic E-state index is 0.000231. The molecule has 2 N–H and O–H groups in total. The highest BCUT2D eigenvalue weighted by Crippen LogP contribution is 2.47. The van der Waals surface area contributed by atoms with Crippen LogP contribution in [0, 0.1) is 23.2 Å². The van der Waals surface area contributed by atoms with Crippen LogP contribution < -0.4 is 0 Å². The zero-order chi connectivity index (χ0) is 13.9. The molecule has 0 spiro atoms. The molecule has 3 atom stereocenters. The molecule has 104 valence electrons. The van der Waals surface area contributed by atoms with Gasteiger partial charge >= 0.3 is 11.9 Å². The lowest BCUT2D eigenvalue weighted by Gasteiger charge is -2.43. The SMILES string of the molecule is CC(C)C1(C)CCCC(C(CC(=O)O)C(=O)O)C1. The normalized spacial score (nSPS) is 30.1. The van der Waals surface area contributed by atoms with Crippen LogP contribution in [0.2, 0.25) is 0 Å². The molecule has 0 aliphatic heterocycles. The summed E-state index contributed by atoms with van der Waals surface area (Å²) in [5.74, 6) is -2.21. The smallest absolute Gasteiger partial charge is 0.307 e. The Bertz CT molecular complexity index is 324. The molecule has 18 heavy (non-hydrogen) atoms. The summed E-state index contributed by atoms with van der Waals surface area (Å²) in [6, 6.07) is 0. The number of carbonyl (C=O) groups is 2. The van der Waals surface area contributed by atoms with E-state index in [4.69, 9.17) is 5.11 Å². The van der Waals surface area contributed by atoms with E-state index < -0.39 is 17.9 Å². The number of hydrogen-bond donors (Lipinski definition) is 2. The van der Waals surface area contributed by atoms with Gasteiger partial charge in [-0.25, -0.2) is 0 Å². The van der Waals surface area contributed by atoms with Crippen molar-refractivity contribution in [3.63, 3.8) is 0 Å². The Labute approximate surface area is 108 Å². The Hall–Kier alpha value is -1.06. The standard InChI is InChI=1S/C14H24O4/c1-9(2)14(3)6-4-5-10(8-14)11(13(17)18)7-12(15)16/h9-11H,4-8H2,1-3H3,(H,15,16)(H,17,18). The second-order valence-electron chi connectivity index (χ2n) is 6.21. The number of carboxylic acid groups (broad SMARTS) is 2. The highest BCUT2D eigenvalue weighted by molar-refractivity contribution is 5.78. The van der Waals surface area contributed by atoms with E-state index in [0.717, 1.165) is 25.7 Å². The maximum Gasteiger partial charge on any atom is 0.307 e. The molecule has 1 aliphatic carbocycles. The molecule has 0 saturated heterocycles. The van der Waals surface area contributed by atoms with Crippen molar-refractivity contribution in [3.05, 3.63) is 0 Å². The van der Waals surface area contributed by atoms with Gasteiger partial charge in [0.2, 0.25) is 0 Å². The summed E-state index contributed by atoms with van der Waals surface area (Å²) >= 11 is 0. The van der Waals surface area contributed by atoms with Crippen molar-refractivity contribution in [2.75, 3.05) is 0 Å². The summed E-state index contributed by atoms with van der Waals surface area (Å²) in [6.45, 7) is 6.52. The Balaban J connectivity index is 2.80. The Morgan fingerprint density at radius 1 is 1.33 bits per heavy atom. The molecule has 1 fully saturated rings. The molecule has 0 aromatic heterocycles. The first-order valence-electron chi connectivity index (χ1n) is 6.71. The molecule has 1 rings (SSSR count). The molecule has 0 radical (unpaired) electrons. The van der Waals surface area contributed by atoms with Gasteiger partial charge in [-0.2, -0.15) is 0 Å². The van der Waals surface area contributed by atoms with E-state index in [0.29, 0.717) is 5.92 Å². The van der Waals surface area contributed by atoms with Gasteiger partial charge in [0.25, 0.3) is 0 Å². The third-order valence-electron chi connectivity index (χ3n) is 4.73. The van der Waals surface area contributed by atoms with E-state index in [9.17, 15) is 14.7 Å².